The van der Waals surface area contributed by atoms with Crippen molar-refractivity contribution in [1.29, 1.82) is 0 Å². The third kappa shape index (κ3) is 3.90. The maximum Gasteiger partial charge on any atom is 0.274 e. The van der Waals surface area contributed by atoms with Crippen LogP contribution in [-0.4, -0.2) is 56.7 Å². The molecule has 2 aliphatic rings. The average Bonchev–Trinajstić information content (AvgIpc) is 3.51. The number of amides is 1. The summed E-state index contributed by atoms with van der Waals surface area (Å²) in [5.74, 6) is -0.351. The summed E-state index contributed by atoms with van der Waals surface area (Å²) in [5.41, 5.74) is 3.99. The Hall–Kier alpha value is -2.58. The van der Waals surface area contributed by atoms with E-state index in [1.54, 1.807) is 34.2 Å². The molecule has 0 spiro atoms. The molecule has 1 amide bonds. The summed E-state index contributed by atoms with van der Waals surface area (Å²) < 4.78 is 16.0. The molecule has 6 nitrogen and oxygen atoms in total. The van der Waals surface area contributed by atoms with Crippen LogP contribution in [0.4, 0.5) is 4.39 Å². The zero-order chi connectivity index (χ0) is 21.4. The molecule has 3 aromatic rings. The summed E-state index contributed by atoms with van der Waals surface area (Å²) in [6.07, 6.45) is 3.60. The summed E-state index contributed by atoms with van der Waals surface area (Å²) in [4.78, 5) is 22.2. The van der Waals surface area contributed by atoms with Gasteiger partial charge < -0.3 is 4.90 Å². The van der Waals surface area contributed by atoms with Crippen LogP contribution in [0.1, 0.15) is 45.8 Å². The van der Waals surface area contributed by atoms with E-state index in [-0.39, 0.29) is 11.7 Å². The molecule has 0 N–H and O–H groups in total. The van der Waals surface area contributed by atoms with Crippen molar-refractivity contribution in [1.82, 2.24) is 24.6 Å². The van der Waals surface area contributed by atoms with Crippen LogP contribution in [0.3, 0.4) is 0 Å². The Kier molecular flexibility index (Phi) is 5.58. The highest BCUT2D eigenvalue weighted by Crippen LogP contribution is 2.29. The Labute approximate surface area is 185 Å². The lowest BCUT2D eigenvalue weighted by molar-refractivity contribution is 0.0620. The van der Waals surface area contributed by atoms with Crippen molar-refractivity contribution >= 4 is 17.2 Å². The van der Waals surface area contributed by atoms with E-state index in [2.05, 4.69) is 27.3 Å². The molecule has 1 saturated heterocycles. The Bertz CT molecular complexity index is 1100. The number of carbonyl (C=O) groups excluding carboxylic acids is 1. The van der Waals surface area contributed by atoms with Gasteiger partial charge in [-0.1, -0.05) is 19.1 Å². The van der Waals surface area contributed by atoms with Crippen LogP contribution in [0, 0.1) is 5.82 Å². The normalized spacial score (nSPS) is 16.6. The standard InChI is InChI=1S/C23H26FN5OS/c1-2-21-25-16(15-31-21)14-27-10-12-28(13-11-27)23(30)22-17-6-5-9-19(17)29(26-22)20-8-4-3-7-18(20)24/h3-4,7-8,15H,2,5-6,9-14H2,1H3. The number of carbonyl (C=O) groups is 1. The topological polar surface area (TPSA) is 54.3 Å². The molecule has 0 atom stereocenters. The molecule has 1 fully saturated rings. The number of aromatic nitrogens is 3. The van der Waals surface area contributed by atoms with E-state index >= 15 is 0 Å². The lowest BCUT2D eigenvalue weighted by Gasteiger charge is -2.34. The highest BCUT2D eigenvalue weighted by atomic mass is 32.1. The summed E-state index contributed by atoms with van der Waals surface area (Å²) in [5, 5.41) is 7.90. The largest absolute Gasteiger partial charge is 0.335 e. The number of nitrogens with zero attached hydrogens (tertiary/aromatic N) is 5. The lowest BCUT2D eigenvalue weighted by Crippen LogP contribution is -2.48. The van der Waals surface area contributed by atoms with Crippen molar-refractivity contribution in [2.24, 2.45) is 0 Å². The van der Waals surface area contributed by atoms with Gasteiger partial charge >= 0.3 is 0 Å². The summed E-state index contributed by atoms with van der Waals surface area (Å²) >= 11 is 1.71. The predicted octanol–water partition coefficient (Wildman–Crippen LogP) is 3.48. The molecular weight excluding hydrogens is 413 g/mol. The van der Waals surface area contributed by atoms with Crippen molar-refractivity contribution in [2.45, 2.75) is 39.2 Å². The van der Waals surface area contributed by atoms with Crippen molar-refractivity contribution in [2.75, 3.05) is 26.2 Å². The third-order valence-corrected chi connectivity index (χ3v) is 7.20. The van der Waals surface area contributed by atoms with Gasteiger partial charge in [-0.15, -0.1) is 11.3 Å². The van der Waals surface area contributed by atoms with Crippen LogP contribution in [0.25, 0.3) is 5.69 Å². The number of para-hydroxylation sites is 1. The Morgan fingerprint density at radius 3 is 2.71 bits per heavy atom. The Balaban J connectivity index is 1.30. The van der Waals surface area contributed by atoms with Crippen LogP contribution in [0.15, 0.2) is 29.6 Å². The number of halogens is 1. The number of rotatable bonds is 5. The first-order valence-electron chi connectivity index (χ1n) is 10.9. The summed E-state index contributed by atoms with van der Waals surface area (Å²) in [7, 11) is 0. The molecular formula is C23H26FN5OS. The fourth-order valence-corrected chi connectivity index (χ4v) is 5.24. The minimum atomic E-state index is -0.319. The number of aryl methyl sites for hydroxylation is 1. The first-order valence-corrected chi connectivity index (χ1v) is 11.8. The zero-order valence-electron chi connectivity index (χ0n) is 17.7. The van der Waals surface area contributed by atoms with Crippen molar-refractivity contribution in [3.63, 3.8) is 0 Å². The van der Waals surface area contributed by atoms with Gasteiger partial charge in [0.2, 0.25) is 0 Å². The molecule has 1 aliphatic carbocycles. The van der Waals surface area contributed by atoms with Gasteiger partial charge in [0.1, 0.15) is 11.5 Å². The van der Waals surface area contributed by atoms with Gasteiger partial charge in [0.05, 0.1) is 10.7 Å². The molecule has 2 aromatic heterocycles. The molecule has 5 rings (SSSR count). The molecule has 8 heteroatoms. The fourth-order valence-electron chi connectivity index (χ4n) is 4.50. The summed E-state index contributed by atoms with van der Waals surface area (Å²) in [6, 6.07) is 6.62. The number of thiazole rings is 1. The molecule has 1 aliphatic heterocycles. The maximum absolute atomic E-state index is 14.4. The molecule has 0 unspecified atom stereocenters. The number of piperazine rings is 1. The summed E-state index contributed by atoms with van der Waals surface area (Å²) in [6.45, 7) is 5.94. The van der Waals surface area contributed by atoms with E-state index in [4.69, 9.17) is 0 Å². The van der Waals surface area contributed by atoms with Gasteiger partial charge in [-0.2, -0.15) is 5.10 Å². The van der Waals surface area contributed by atoms with Gasteiger partial charge in [-0.3, -0.25) is 9.69 Å². The second kappa shape index (κ2) is 8.51. The van der Waals surface area contributed by atoms with E-state index in [1.165, 1.54) is 11.1 Å². The van der Waals surface area contributed by atoms with E-state index in [0.29, 0.717) is 24.5 Å². The average molecular weight is 440 g/mol. The molecule has 0 radical (unpaired) electrons. The SMILES string of the molecule is CCc1nc(CN2CCN(C(=O)c3nn(-c4ccccc4F)c4c3CCC4)CC2)cs1. The number of hydrogen-bond acceptors (Lipinski definition) is 5. The minimum Gasteiger partial charge on any atom is -0.335 e. The van der Waals surface area contributed by atoms with Gasteiger partial charge in [0.25, 0.3) is 5.91 Å². The quantitative estimate of drug-likeness (QED) is 0.611. The van der Waals surface area contributed by atoms with Crippen molar-refractivity contribution < 1.29 is 9.18 Å². The highest BCUT2D eigenvalue weighted by molar-refractivity contribution is 7.09. The number of benzene rings is 1. The van der Waals surface area contributed by atoms with Crippen LogP contribution in [-0.2, 0) is 25.8 Å². The lowest BCUT2D eigenvalue weighted by atomic mass is 10.1. The molecule has 0 bridgehead atoms. The van der Waals surface area contributed by atoms with E-state index < -0.39 is 0 Å². The minimum absolute atomic E-state index is 0.0326. The molecule has 162 valence electrons. The van der Waals surface area contributed by atoms with Crippen LogP contribution >= 0.6 is 11.3 Å². The Morgan fingerprint density at radius 1 is 1.16 bits per heavy atom. The molecule has 0 saturated carbocycles. The first-order chi connectivity index (χ1) is 15.1. The van der Waals surface area contributed by atoms with Gasteiger partial charge in [0.15, 0.2) is 5.69 Å². The van der Waals surface area contributed by atoms with Crippen molar-refractivity contribution in [3.05, 3.63) is 63.1 Å². The Morgan fingerprint density at radius 2 is 1.97 bits per heavy atom. The predicted molar refractivity (Wildman–Crippen MR) is 118 cm³/mol. The van der Waals surface area contributed by atoms with Crippen LogP contribution in [0.5, 0.6) is 0 Å². The van der Waals surface area contributed by atoms with E-state index in [9.17, 15) is 9.18 Å². The third-order valence-electron chi connectivity index (χ3n) is 6.16. The zero-order valence-corrected chi connectivity index (χ0v) is 18.5. The molecule has 31 heavy (non-hydrogen) atoms. The number of hydrogen-bond donors (Lipinski definition) is 0. The maximum atomic E-state index is 14.4. The smallest absolute Gasteiger partial charge is 0.274 e. The van der Waals surface area contributed by atoms with E-state index in [0.717, 1.165) is 62.3 Å². The van der Waals surface area contributed by atoms with Crippen molar-refractivity contribution in [3.8, 4) is 5.69 Å². The van der Waals surface area contributed by atoms with Gasteiger partial charge in [0, 0.05) is 49.4 Å². The van der Waals surface area contributed by atoms with Gasteiger partial charge in [-0.05, 0) is 37.8 Å². The van der Waals surface area contributed by atoms with Crippen LogP contribution in [0.2, 0.25) is 0 Å². The molecule has 3 heterocycles. The fraction of sp³-hybridized carbons (Fsp3) is 0.435. The monoisotopic (exact) mass is 439 g/mol. The van der Waals surface area contributed by atoms with E-state index in [1.807, 2.05) is 4.90 Å². The highest BCUT2D eigenvalue weighted by Gasteiger charge is 2.31. The van der Waals surface area contributed by atoms with Gasteiger partial charge in [-0.25, -0.2) is 14.1 Å². The number of fused-ring (bicyclic) bond motifs is 1. The second-order valence-electron chi connectivity index (χ2n) is 8.15. The van der Waals surface area contributed by atoms with Crippen LogP contribution < -0.4 is 0 Å². The first kappa shape index (κ1) is 20.3. The molecule has 1 aromatic carbocycles. The second-order valence-corrected chi connectivity index (χ2v) is 9.09.